The number of hydrogen-bond donors (Lipinski definition) is 1. The molecule has 1 aliphatic carbocycles. The van der Waals surface area contributed by atoms with Gasteiger partial charge >= 0.3 is 0 Å². The largest absolute Gasteiger partial charge is 0.493 e. The molecule has 6 nitrogen and oxygen atoms in total. The molecule has 0 saturated carbocycles. The molecular weight excluding hydrogens is 378 g/mol. The van der Waals surface area contributed by atoms with Gasteiger partial charge in [-0.3, -0.25) is 4.98 Å². The summed E-state index contributed by atoms with van der Waals surface area (Å²) in [6.45, 7) is 7.09. The number of anilines is 1. The molecule has 6 heteroatoms. The number of aromatic nitrogens is 1. The SMILES string of the molecule is COc1cc2c(NC[C@@H](C)OC)c3c(nc2cc1OCCCN1CCCC1)CCC3. The van der Waals surface area contributed by atoms with Gasteiger partial charge < -0.3 is 24.4 Å². The summed E-state index contributed by atoms with van der Waals surface area (Å²) in [5.41, 5.74) is 4.70. The molecular formula is C24H35N3O3. The summed E-state index contributed by atoms with van der Waals surface area (Å²) in [5.74, 6) is 1.55. The lowest BCUT2D eigenvalue weighted by Gasteiger charge is -2.19. The van der Waals surface area contributed by atoms with Crippen LogP contribution in [0.5, 0.6) is 11.5 Å². The number of likely N-dealkylation sites (tertiary alicyclic amines) is 1. The van der Waals surface area contributed by atoms with E-state index in [0.717, 1.165) is 61.2 Å². The Balaban J connectivity index is 1.56. The number of nitrogens with zero attached hydrogens (tertiary/aromatic N) is 2. The topological polar surface area (TPSA) is 55.9 Å². The molecule has 1 atom stereocenters. The molecule has 164 valence electrons. The molecule has 1 N–H and O–H groups in total. The quantitative estimate of drug-likeness (QED) is 0.593. The number of nitrogens with one attached hydrogen (secondary N) is 1. The first-order chi connectivity index (χ1) is 14.7. The van der Waals surface area contributed by atoms with Gasteiger partial charge in [0, 0.05) is 43.0 Å². The Morgan fingerprint density at radius 1 is 1.10 bits per heavy atom. The van der Waals surface area contributed by atoms with Crippen LogP contribution in [0.15, 0.2) is 12.1 Å². The van der Waals surface area contributed by atoms with E-state index in [-0.39, 0.29) is 6.10 Å². The minimum atomic E-state index is 0.144. The zero-order valence-corrected chi connectivity index (χ0v) is 18.6. The lowest BCUT2D eigenvalue weighted by atomic mass is 10.1. The minimum Gasteiger partial charge on any atom is -0.493 e. The van der Waals surface area contributed by atoms with E-state index in [1.807, 2.05) is 6.07 Å². The van der Waals surface area contributed by atoms with Crippen molar-refractivity contribution in [1.82, 2.24) is 9.88 Å². The van der Waals surface area contributed by atoms with Gasteiger partial charge in [-0.1, -0.05) is 0 Å². The molecule has 0 spiro atoms. The van der Waals surface area contributed by atoms with Crippen LogP contribution in [0.2, 0.25) is 0 Å². The van der Waals surface area contributed by atoms with Crippen molar-refractivity contribution >= 4 is 16.6 Å². The van der Waals surface area contributed by atoms with Crippen LogP contribution in [-0.4, -0.2) is 63.0 Å². The van der Waals surface area contributed by atoms with Crippen LogP contribution in [0.4, 0.5) is 5.69 Å². The molecule has 1 aromatic carbocycles. The summed E-state index contributed by atoms with van der Waals surface area (Å²) in [6.07, 6.45) is 7.09. The van der Waals surface area contributed by atoms with Crippen LogP contribution < -0.4 is 14.8 Å². The Kier molecular flexibility index (Phi) is 6.95. The molecule has 0 bridgehead atoms. The predicted octanol–water partition coefficient (Wildman–Crippen LogP) is 4.04. The first kappa shape index (κ1) is 21.2. The molecule has 0 radical (unpaired) electrons. The maximum atomic E-state index is 6.14. The van der Waals surface area contributed by atoms with E-state index in [2.05, 4.69) is 23.2 Å². The zero-order valence-electron chi connectivity index (χ0n) is 18.6. The highest BCUT2D eigenvalue weighted by Crippen LogP contribution is 2.39. The van der Waals surface area contributed by atoms with Gasteiger partial charge in [0.1, 0.15) is 0 Å². The molecule has 0 amide bonds. The van der Waals surface area contributed by atoms with Crippen LogP contribution in [0.25, 0.3) is 10.9 Å². The van der Waals surface area contributed by atoms with Crippen LogP contribution >= 0.6 is 0 Å². The number of ether oxygens (including phenoxy) is 3. The van der Waals surface area contributed by atoms with Gasteiger partial charge in [0.25, 0.3) is 0 Å². The Hall–Kier alpha value is -2.05. The van der Waals surface area contributed by atoms with Gasteiger partial charge in [-0.2, -0.15) is 0 Å². The zero-order chi connectivity index (χ0) is 20.9. The number of aryl methyl sites for hydroxylation is 1. The second-order valence-corrected chi connectivity index (χ2v) is 8.46. The lowest BCUT2D eigenvalue weighted by molar-refractivity contribution is 0.129. The van der Waals surface area contributed by atoms with Crippen molar-refractivity contribution in [3.63, 3.8) is 0 Å². The molecule has 0 unspecified atom stereocenters. The Labute approximate surface area is 179 Å². The average molecular weight is 414 g/mol. The molecule has 30 heavy (non-hydrogen) atoms. The van der Waals surface area contributed by atoms with Crippen LogP contribution in [0.3, 0.4) is 0 Å². The maximum absolute atomic E-state index is 6.14. The van der Waals surface area contributed by atoms with E-state index < -0.39 is 0 Å². The Morgan fingerprint density at radius 3 is 2.70 bits per heavy atom. The first-order valence-electron chi connectivity index (χ1n) is 11.3. The molecule has 1 aromatic heterocycles. The molecule has 1 saturated heterocycles. The standard InChI is InChI=1S/C24H35N3O3/c1-17(28-2)16-25-24-18-8-6-9-20(18)26-21-15-23(22(29-3)14-19(21)24)30-13-7-12-27-10-4-5-11-27/h14-15,17H,4-13,16H2,1-3H3,(H,25,26)/t17-/m1/s1. The van der Waals surface area contributed by atoms with Gasteiger partial charge in [-0.15, -0.1) is 0 Å². The van der Waals surface area contributed by atoms with E-state index in [9.17, 15) is 0 Å². The molecule has 2 aromatic rings. The van der Waals surface area contributed by atoms with Crippen molar-refractivity contribution in [2.24, 2.45) is 0 Å². The maximum Gasteiger partial charge on any atom is 0.163 e. The molecule has 1 aliphatic heterocycles. The number of pyridine rings is 1. The van der Waals surface area contributed by atoms with Gasteiger partial charge in [0.2, 0.25) is 0 Å². The van der Waals surface area contributed by atoms with Crippen molar-refractivity contribution in [2.45, 2.75) is 51.6 Å². The van der Waals surface area contributed by atoms with Gasteiger partial charge in [0.15, 0.2) is 11.5 Å². The van der Waals surface area contributed by atoms with Gasteiger partial charge in [-0.25, -0.2) is 0 Å². The average Bonchev–Trinajstić information content (AvgIpc) is 3.45. The van der Waals surface area contributed by atoms with Gasteiger partial charge in [0.05, 0.1) is 25.3 Å². The minimum absolute atomic E-state index is 0.144. The fourth-order valence-electron chi connectivity index (χ4n) is 4.55. The number of rotatable bonds is 10. The first-order valence-corrected chi connectivity index (χ1v) is 11.3. The van der Waals surface area contributed by atoms with Crippen molar-refractivity contribution in [2.75, 3.05) is 52.3 Å². The number of methoxy groups -OCH3 is 2. The third-order valence-corrected chi connectivity index (χ3v) is 6.34. The highest BCUT2D eigenvalue weighted by Gasteiger charge is 2.22. The molecule has 2 heterocycles. The monoisotopic (exact) mass is 413 g/mol. The van der Waals surface area contributed by atoms with Crippen molar-refractivity contribution < 1.29 is 14.2 Å². The normalized spacial score (nSPS) is 17.3. The van der Waals surface area contributed by atoms with Crippen molar-refractivity contribution in [3.8, 4) is 11.5 Å². The van der Waals surface area contributed by atoms with Crippen LogP contribution in [0.1, 0.15) is 43.9 Å². The van der Waals surface area contributed by atoms with Gasteiger partial charge in [-0.05, 0) is 70.2 Å². The number of hydrogen-bond acceptors (Lipinski definition) is 6. The summed E-state index contributed by atoms with van der Waals surface area (Å²) in [6, 6.07) is 4.13. The van der Waals surface area contributed by atoms with Crippen LogP contribution in [-0.2, 0) is 17.6 Å². The van der Waals surface area contributed by atoms with Crippen molar-refractivity contribution in [3.05, 3.63) is 23.4 Å². The summed E-state index contributed by atoms with van der Waals surface area (Å²) in [4.78, 5) is 7.49. The third kappa shape index (κ3) is 4.65. The number of benzene rings is 1. The number of fused-ring (bicyclic) bond motifs is 2. The van der Waals surface area contributed by atoms with E-state index in [0.29, 0.717) is 6.61 Å². The Morgan fingerprint density at radius 2 is 1.93 bits per heavy atom. The fraction of sp³-hybridized carbons (Fsp3) is 0.625. The van der Waals surface area contributed by atoms with Crippen molar-refractivity contribution in [1.29, 1.82) is 0 Å². The van der Waals surface area contributed by atoms with E-state index >= 15 is 0 Å². The second-order valence-electron chi connectivity index (χ2n) is 8.46. The highest BCUT2D eigenvalue weighted by atomic mass is 16.5. The smallest absolute Gasteiger partial charge is 0.163 e. The molecule has 4 rings (SSSR count). The van der Waals surface area contributed by atoms with E-state index in [1.165, 1.54) is 42.9 Å². The van der Waals surface area contributed by atoms with Crippen LogP contribution in [0, 0.1) is 0 Å². The van der Waals surface area contributed by atoms with E-state index in [1.54, 1.807) is 14.2 Å². The Bertz CT molecular complexity index is 865. The summed E-state index contributed by atoms with van der Waals surface area (Å²) in [7, 11) is 3.46. The predicted molar refractivity (Wildman–Crippen MR) is 121 cm³/mol. The lowest BCUT2D eigenvalue weighted by Crippen LogP contribution is -2.22. The molecule has 1 fully saturated rings. The summed E-state index contributed by atoms with van der Waals surface area (Å²) >= 11 is 0. The summed E-state index contributed by atoms with van der Waals surface area (Å²) < 4.78 is 17.3. The third-order valence-electron chi connectivity index (χ3n) is 6.34. The highest BCUT2D eigenvalue weighted by molar-refractivity contribution is 5.96. The molecule has 2 aliphatic rings. The summed E-state index contributed by atoms with van der Waals surface area (Å²) in [5, 5.41) is 4.72. The fourth-order valence-corrected chi connectivity index (χ4v) is 4.55. The van der Waals surface area contributed by atoms with E-state index in [4.69, 9.17) is 19.2 Å². The second kappa shape index (κ2) is 9.84.